The molecule has 0 aromatic heterocycles. The first-order valence-electron chi connectivity index (χ1n) is 38.0. The normalized spacial score (nSPS) is 13.6. The van der Waals surface area contributed by atoms with Crippen LogP contribution in [0.5, 0.6) is 0 Å². The molecule has 0 fully saturated rings. The predicted octanol–water partition coefficient (Wildman–Crippen LogP) is 25.1. The summed E-state index contributed by atoms with van der Waals surface area (Å²) < 4.78 is 34.8. The van der Waals surface area contributed by atoms with Crippen molar-refractivity contribution < 1.29 is 42.1 Å². The molecule has 90 heavy (non-hydrogen) atoms. The van der Waals surface area contributed by atoms with Crippen molar-refractivity contribution in [2.24, 2.45) is 0 Å². The molecule has 0 bridgehead atoms. The van der Waals surface area contributed by atoms with Crippen LogP contribution in [0.2, 0.25) is 0 Å². The lowest BCUT2D eigenvalue weighted by atomic mass is 10.0. The van der Waals surface area contributed by atoms with Crippen molar-refractivity contribution in [2.75, 3.05) is 47.5 Å². The second-order valence-electron chi connectivity index (χ2n) is 26.7. The third-order valence-corrected chi connectivity index (χ3v) is 17.6. The fourth-order valence-electron chi connectivity index (χ4n) is 10.8. The molecular weight excluding hydrogens is 1130 g/mol. The highest BCUT2D eigenvalue weighted by molar-refractivity contribution is 7.47. The molecule has 0 saturated heterocycles. The molecule has 0 saturated carbocycles. The van der Waals surface area contributed by atoms with E-state index in [0.29, 0.717) is 17.4 Å². The summed E-state index contributed by atoms with van der Waals surface area (Å²) in [5.74, 6) is -0.794. The van der Waals surface area contributed by atoms with Crippen molar-refractivity contribution in [1.82, 2.24) is 0 Å². The van der Waals surface area contributed by atoms with Crippen molar-refractivity contribution in [3.05, 3.63) is 97.2 Å². The van der Waals surface area contributed by atoms with E-state index in [0.717, 1.165) is 89.9 Å². The highest BCUT2D eigenvalue weighted by Gasteiger charge is 2.27. The third kappa shape index (κ3) is 74.0. The number of unbranched alkanes of at least 4 members (excludes halogenated alkanes) is 40. The van der Waals surface area contributed by atoms with Crippen LogP contribution < -0.4 is 0 Å². The van der Waals surface area contributed by atoms with Gasteiger partial charge in [-0.3, -0.25) is 18.6 Å². The quantitative estimate of drug-likeness (QED) is 0.0211. The van der Waals surface area contributed by atoms with Crippen LogP contribution in [0.15, 0.2) is 97.2 Å². The molecule has 0 aromatic carbocycles. The molecule has 1 N–H and O–H groups in total. The van der Waals surface area contributed by atoms with Crippen molar-refractivity contribution in [3.63, 3.8) is 0 Å². The molecule has 9 nitrogen and oxygen atoms in total. The molecule has 0 aliphatic rings. The van der Waals surface area contributed by atoms with Crippen molar-refractivity contribution >= 4 is 19.8 Å². The number of nitrogens with zero attached hydrogens (tertiary/aromatic N) is 1. The first-order chi connectivity index (χ1) is 44.0. The molecular formula is C80H145NO8P+. The fourth-order valence-corrected chi connectivity index (χ4v) is 11.6. The van der Waals surface area contributed by atoms with Gasteiger partial charge in [0.1, 0.15) is 19.8 Å². The summed E-state index contributed by atoms with van der Waals surface area (Å²) in [5.41, 5.74) is 0. The van der Waals surface area contributed by atoms with Gasteiger partial charge in [0.05, 0.1) is 27.7 Å². The molecule has 0 heterocycles. The maximum Gasteiger partial charge on any atom is 0.472 e. The Morgan fingerprint density at radius 2 is 0.633 bits per heavy atom. The van der Waals surface area contributed by atoms with Gasteiger partial charge in [0.2, 0.25) is 0 Å². The Bertz CT molecular complexity index is 1840. The summed E-state index contributed by atoms with van der Waals surface area (Å²) in [6, 6.07) is 0. The largest absolute Gasteiger partial charge is 0.472 e. The van der Waals surface area contributed by atoms with Gasteiger partial charge in [-0.25, -0.2) is 4.57 Å². The zero-order chi connectivity index (χ0) is 65.5. The summed E-state index contributed by atoms with van der Waals surface area (Å²) in [6.07, 6.45) is 98.3. The number of hydrogen-bond donors (Lipinski definition) is 1. The SMILES string of the molecule is CC/C=C\C/C=C\C/C=C\C/C=C\C/C=C\CCCCCCCCCCCC(=O)OC(COC(=O)CCCCCCCCCCCCCCCCCCCCCCCCCCCC/C=C\C/C=C\C/C=C\CCCCCCC)COP(=O)(O)OCC[N+](C)(C)C. The highest BCUT2D eigenvalue weighted by atomic mass is 31.2. The van der Waals surface area contributed by atoms with Gasteiger partial charge >= 0.3 is 19.8 Å². The Balaban J connectivity index is 3.93. The maximum atomic E-state index is 12.9. The van der Waals surface area contributed by atoms with Gasteiger partial charge in [0, 0.05) is 12.8 Å². The van der Waals surface area contributed by atoms with Crippen LogP contribution in [0.3, 0.4) is 0 Å². The van der Waals surface area contributed by atoms with E-state index < -0.39 is 26.5 Å². The molecule has 0 aliphatic heterocycles. The molecule has 0 aliphatic carbocycles. The second-order valence-corrected chi connectivity index (χ2v) is 28.1. The van der Waals surface area contributed by atoms with Crippen LogP contribution in [-0.2, 0) is 32.7 Å². The average Bonchev–Trinajstić information content (AvgIpc) is 3.58. The van der Waals surface area contributed by atoms with Crippen LogP contribution in [0, 0.1) is 0 Å². The summed E-state index contributed by atoms with van der Waals surface area (Å²) in [4.78, 5) is 35.9. The zero-order valence-electron chi connectivity index (χ0n) is 59.6. The summed E-state index contributed by atoms with van der Waals surface area (Å²) >= 11 is 0. The van der Waals surface area contributed by atoms with Gasteiger partial charge < -0.3 is 18.9 Å². The lowest BCUT2D eigenvalue weighted by Crippen LogP contribution is -2.37. The summed E-state index contributed by atoms with van der Waals surface area (Å²) in [7, 11) is 1.48. The van der Waals surface area contributed by atoms with Gasteiger partial charge in [-0.2, -0.15) is 0 Å². The Morgan fingerprint density at radius 3 is 0.944 bits per heavy atom. The van der Waals surface area contributed by atoms with E-state index in [2.05, 4.69) is 111 Å². The maximum absolute atomic E-state index is 12.9. The van der Waals surface area contributed by atoms with Gasteiger partial charge in [0.25, 0.3) is 0 Å². The molecule has 0 aromatic rings. The van der Waals surface area contributed by atoms with E-state index in [1.807, 2.05) is 21.1 Å². The predicted molar refractivity (Wildman–Crippen MR) is 390 cm³/mol. The number of hydrogen-bond acceptors (Lipinski definition) is 7. The average molecular weight is 1280 g/mol. The Hall–Kier alpha value is -3.07. The first kappa shape index (κ1) is 86.9. The fraction of sp³-hybridized carbons (Fsp3) is 0.775. The van der Waals surface area contributed by atoms with E-state index in [-0.39, 0.29) is 32.0 Å². The van der Waals surface area contributed by atoms with Crippen LogP contribution in [0.1, 0.15) is 348 Å². The lowest BCUT2D eigenvalue weighted by Gasteiger charge is -2.24. The van der Waals surface area contributed by atoms with Crippen molar-refractivity contribution in [1.29, 1.82) is 0 Å². The molecule has 2 unspecified atom stereocenters. The number of phosphoric acid groups is 1. The Morgan fingerprint density at radius 1 is 0.356 bits per heavy atom. The van der Waals surface area contributed by atoms with Crippen molar-refractivity contribution in [2.45, 2.75) is 354 Å². The zero-order valence-corrected chi connectivity index (χ0v) is 60.5. The molecule has 2 atom stereocenters. The molecule has 522 valence electrons. The molecule has 10 heteroatoms. The second kappa shape index (κ2) is 70.3. The van der Waals surface area contributed by atoms with E-state index in [9.17, 15) is 19.0 Å². The number of rotatable bonds is 70. The number of phosphoric ester groups is 1. The number of carbonyl (C=O) groups excluding carboxylic acids is 2. The van der Waals surface area contributed by atoms with Gasteiger partial charge in [-0.05, 0) is 96.3 Å². The smallest absolute Gasteiger partial charge is 0.462 e. The van der Waals surface area contributed by atoms with Crippen LogP contribution in [0.25, 0.3) is 0 Å². The van der Waals surface area contributed by atoms with Crippen LogP contribution >= 0.6 is 7.82 Å². The summed E-state index contributed by atoms with van der Waals surface area (Å²) in [5, 5.41) is 0. The van der Waals surface area contributed by atoms with Gasteiger partial charge in [-0.15, -0.1) is 0 Å². The number of ether oxygens (including phenoxy) is 2. The Kier molecular flexibility index (Phi) is 67.9. The Labute approximate surface area is 557 Å². The molecule has 0 rings (SSSR count). The van der Waals surface area contributed by atoms with Gasteiger partial charge in [0.15, 0.2) is 6.10 Å². The minimum absolute atomic E-state index is 0.0283. The number of allylic oxidation sites excluding steroid dienone is 16. The van der Waals surface area contributed by atoms with E-state index in [1.165, 1.54) is 225 Å². The number of carbonyl (C=O) groups is 2. The topological polar surface area (TPSA) is 108 Å². The van der Waals surface area contributed by atoms with E-state index >= 15 is 0 Å². The van der Waals surface area contributed by atoms with Crippen LogP contribution in [-0.4, -0.2) is 74.9 Å². The molecule has 0 radical (unpaired) electrons. The van der Waals surface area contributed by atoms with E-state index in [4.69, 9.17) is 18.5 Å². The lowest BCUT2D eigenvalue weighted by molar-refractivity contribution is -0.870. The minimum Gasteiger partial charge on any atom is -0.462 e. The molecule has 0 spiro atoms. The third-order valence-electron chi connectivity index (χ3n) is 16.6. The van der Waals surface area contributed by atoms with E-state index in [1.54, 1.807) is 0 Å². The van der Waals surface area contributed by atoms with Crippen molar-refractivity contribution in [3.8, 4) is 0 Å². The standard InChI is InChI=1S/C80H144NO8P/c1-6-8-10-12-14-16-18-20-22-24-26-28-30-32-33-34-35-36-37-38-39-40-41-42-43-44-45-46-47-49-50-52-54-56-58-60-62-64-66-68-70-72-79(82)86-76-78(77-88-90(84,85)87-75-74-81(3,4)5)89-80(83)73-71-69-67-65-63-61-59-57-55-53-51-48-31-29-27-25-23-21-19-17-15-13-11-9-7-2/h9,11,15,17-18,20-21,23-24,26-27,29-30,32,48,51,78H,6-8,10,12-14,16,19,22,25,28,31,33-47,49-50,52-77H2,1-5H3/p+1/b11-9-,17-15-,20-18-,23-21-,26-24-,29-27-,32-30-,51-48-. The highest BCUT2D eigenvalue weighted by Crippen LogP contribution is 2.43. The minimum atomic E-state index is -4.40. The summed E-state index contributed by atoms with van der Waals surface area (Å²) in [6.45, 7) is 4.34. The molecule has 0 amide bonds. The monoisotopic (exact) mass is 1280 g/mol. The van der Waals surface area contributed by atoms with Gasteiger partial charge in [-0.1, -0.05) is 336 Å². The number of likely N-dealkylation sites (N-methyl/N-ethyl adjacent to an activating group) is 1. The number of quaternary nitrogens is 1. The first-order valence-corrected chi connectivity index (χ1v) is 39.5. The number of esters is 2. The van der Waals surface area contributed by atoms with Crippen LogP contribution in [0.4, 0.5) is 0 Å².